The van der Waals surface area contributed by atoms with Crippen molar-refractivity contribution in [3.63, 3.8) is 0 Å². The molecule has 0 atom stereocenters. The zero-order valence-corrected chi connectivity index (χ0v) is 17.9. The molecule has 2 amide bonds. The Bertz CT molecular complexity index is 1130. The number of amides is 2. The van der Waals surface area contributed by atoms with Crippen LogP contribution in [0, 0.1) is 0 Å². The van der Waals surface area contributed by atoms with E-state index >= 15 is 0 Å². The molecule has 32 heavy (non-hydrogen) atoms. The quantitative estimate of drug-likeness (QED) is 0.516. The van der Waals surface area contributed by atoms with E-state index in [1.165, 1.54) is 0 Å². The second-order valence-electron chi connectivity index (χ2n) is 7.05. The minimum atomic E-state index is -0.357. The number of benzene rings is 3. The van der Waals surface area contributed by atoms with Crippen LogP contribution in [0.4, 0.5) is 11.4 Å². The van der Waals surface area contributed by atoms with E-state index in [-0.39, 0.29) is 16.9 Å². The second kappa shape index (κ2) is 9.93. The topological polar surface area (TPSA) is 88.7 Å². The van der Waals surface area contributed by atoms with E-state index in [9.17, 15) is 9.59 Å². The number of nitrogens with one attached hydrogen (secondary N) is 3. The van der Waals surface area contributed by atoms with Gasteiger partial charge < -0.3 is 20.1 Å². The van der Waals surface area contributed by atoms with E-state index in [1.807, 2.05) is 30.3 Å². The summed E-state index contributed by atoms with van der Waals surface area (Å²) in [5.74, 6) is 0.695. The molecule has 1 aliphatic rings. The highest BCUT2D eigenvalue weighted by Crippen LogP contribution is 2.30. The van der Waals surface area contributed by atoms with Crippen molar-refractivity contribution in [2.45, 2.75) is 6.42 Å². The Morgan fingerprint density at radius 3 is 2.19 bits per heavy atom. The summed E-state index contributed by atoms with van der Waals surface area (Å²) in [6.45, 7) is 0.933. The number of rotatable bonds is 5. The van der Waals surface area contributed by atoms with Gasteiger partial charge in [-0.1, -0.05) is 30.3 Å². The van der Waals surface area contributed by atoms with Crippen molar-refractivity contribution < 1.29 is 19.1 Å². The first kappa shape index (κ1) is 21.3. The largest absolute Gasteiger partial charge is 0.486 e. The maximum atomic E-state index is 12.5. The third-order valence-electron chi connectivity index (χ3n) is 4.67. The fourth-order valence-electron chi connectivity index (χ4n) is 3.15. The lowest BCUT2D eigenvalue weighted by Gasteiger charge is -2.18. The maximum absolute atomic E-state index is 12.5. The first-order valence-electron chi connectivity index (χ1n) is 10.0. The molecular formula is C24H21N3O4S. The highest BCUT2D eigenvalue weighted by atomic mass is 32.1. The van der Waals surface area contributed by atoms with Crippen LogP contribution in [0.3, 0.4) is 0 Å². The van der Waals surface area contributed by atoms with Gasteiger partial charge in [-0.3, -0.25) is 14.9 Å². The van der Waals surface area contributed by atoms with E-state index in [1.54, 1.807) is 42.5 Å². The van der Waals surface area contributed by atoms with E-state index in [0.29, 0.717) is 48.1 Å². The summed E-state index contributed by atoms with van der Waals surface area (Å²) in [5.41, 5.74) is 2.71. The van der Waals surface area contributed by atoms with Gasteiger partial charge in [-0.25, -0.2) is 0 Å². The third-order valence-corrected chi connectivity index (χ3v) is 4.87. The molecule has 3 aromatic carbocycles. The van der Waals surface area contributed by atoms with E-state index < -0.39 is 0 Å². The van der Waals surface area contributed by atoms with Gasteiger partial charge in [-0.15, -0.1) is 0 Å². The molecule has 8 heteroatoms. The van der Waals surface area contributed by atoms with Crippen LogP contribution in [-0.4, -0.2) is 30.1 Å². The predicted molar refractivity (Wildman–Crippen MR) is 126 cm³/mol. The van der Waals surface area contributed by atoms with Crippen LogP contribution < -0.4 is 25.4 Å². The molecule has 3 N–H and O–H groups in total. The molecule has 1 aliphatic heterocycles. The highest BCUT2D eigenvalue weighted by Gasteiger charge is 2.15. The van der Waals surface area contributed by atoms with Gasteiger partial charge >= 0.3 is 0 Å². The summed E-state index contributed by atoms with van der Waals surface area (Å²) in [6, 6.07) is 21.6. The normalized spacial score (nSPS) is 11.9. The van der Waals surface area contributed by atoms with E-state index in [0.717, 1.165) is 5.56 Å². The van der Waals surface area contributed by atoms with Gasteiger partial charge in [-0.05, 0) is 60.2 Å². The molecule has 0 aromatic heterocycles. The Morgan fingerprint density at radius 2 is 1.47 bits per heavy atom. The van der Waals surface area contributed by atoms with Crippen LogP contribution in [0.15, 0.2) is 72.8 Å². The molecule has 3 aromatic rings. The van der Waals surface area contributed by atoms with Gasteiger partial charge in [0, 0.05) is 16.9 Å². The Hall–Kier alpha value is -3.91. The smallest absolute Gasteiger partial charge is 0.257 e. The van der Waals surface area contributed by atoms with Gasteiger partial charge in [0.25, 0.3) is 5.91 Å². The lowest BCUT2D eigenvalue weighted by molar-refractivity contribution is -0.115. The Labute approximate surface area is 190 Å². The minimum absolute atomic E-state index is 0.0980. The molecule has 1 heterocycles. The molecular weight excluding hydrogens is 426 g/mol. The number of anilines is 2. The lowest BCUT2D eigenvalue weighted by Crippen LogP contribution is -2.34. The molecule has 0 fully saturated rings. The molecule has 0 spiro atoms. The van der Waals surface area contributed by atoms with Crippen molar-refractivity contribution in [1.82, 2.24) is 5.32 Å². The first-order chi connectivity index (χ1) is 15.6. The number of carbonyl (C=O) groups excluding carboxylic acids is 2. The Balaban J connectivity index is 1.29. The van der Waals surface area contributed by atoms with Gasteiger partial charge in [0.1, 0.15) is 13.2 Å². The molecule has 0 saturated carbocycles. The van der Waals surface area contributed by atoms with E-state index in [4.69, 9.17) is 21.7 Å². The zero-order valence-electron chi connectivity index (χ0n) is 17.1. The first-order valence-corrected chi connectivity index (χ1v) is 10.4. The maximum Gasteiger partial charge on any atom is 0.257 e. The molecule has 0 saturated heterocycles. The predicted octanol–water partition coefficient (Wildman–Crippen LogP) is 3.77. The zero-order chi connectivity index (χ0) is 22.3. The van der Waals surface area contributed by atoms with Crippen molar-refractivity contribution in [3.8, 4) is 11.5 Å². The molecule has 162 valence electrons. The van der Waals surface area contributed by atoms with Gasteiger partial charge in [-0.2, -0.15) is 0 Å². The van der Waals surface area contributed by atoms with Crippen LogP contribution >= 0.6 is 12.2 Å². The number of ether oxygens (including phenoxy) is 2. The van der Waals surface area contributed by atoms with Crippen LogP contribution in [0.25, 0.3) is 0 Å². The van der Waals surface area contributed by atoms with Crippen LogP contribution in [0.2, 0.25) is 0 Å². The fourth-order valence-corrected chi connectivity index (χ4v) is 3.36. The summed E-state index contributed by atoms with van der Waals surface area (Å²) < 4.78 is 11.0. The average molecular weight is 448 g/mol. The standard InChI is InChI=1S/C24H21N3O4S/c28-22(14-16-4-2-1-3-5-16)25-18-7-9-19(10-8-18)26-24(32)27-23(29)17-6-11-20-21(15-17)31-13-12-30-20/h1-11,15H,12-14H2,(H,25,28)(H2,26,27,29,32). The lowest BCUT2D eigenvalue weighted by atomic mass is 10.1. The van der Waals surface area contributed by atoms with Crippen molar-refractivity contribution in [2.75, 3.05) is 23.8 Å². The van der Waals surface area contributed by atoms with Gasteiger partial charge in [0.15, 0.2) is 16.6 Å². The number of thiocarbonyl (C=S) groups is 1. The van der Waals surface area contributed by atoms with Gasteiger partial charge in [0.05, 0.1) is 6.42 Å². The Morgan fingerprint density at radius 1 is 0.812 bits per heavy atom. The summed E-state index contributed by atoms with van der Waals surface area (Å²) >= 11 is 5.24. The minimum Gasteiger partial charge on any atom is -0.486 e. The van der Waals surface area contributed by atoms with Gasteiger partial charge in [0.2, 0.25) is 5.91 Å². The van der Waals surface area contributed by atoms with Crippen molar-refractivity contribution in [3.05, 3.63) is 83.9 Å². The van der Waals surface area contributed by atoms with Crippen molar-refractivity contribution >= 4 is 40.5 Å². The second-order valence-corrected chi connectivity index (χ2v) is 7.46. The molecule has 4 rings (SSSR count). The van der Waals surface area contributed by atoms with Crippen LogP contribution in [-0.2, 0) is 11.2 Å². The fraction of sp³-hybridized carbons (Fsp3) is 0.125. The number of hydrogen-bond donors (Lipinski definition) is 3. The molecule has 0 bridgehead atoms. The third kappa shape index (κ3) is 5.61. The average Bonchev–Trinajstić information content (AvgIpc) is 2.80. The van der Waals surface area contributed by atoms with Crippen LogP contribution in [0.5, 0.6) is 11.5 Å². The molecule has 7 nitrogen and oxygen atoms in total. The Kier molecular flexibility index (Phi) is 6.62. The monoisotopic (exact) mass is 447 g/mol. The summed E-state index contributed by atoms with van der Waals surface area (Å²) in [6.07, 6.45) is 0.302. The highest BCUT2D eigenvalue weighted by molar-refractivity contribution is 7.80. The molecule has 0 unspecified atom stereocenters. The summed E-state index contributed by atoms with van der Waals surface area (Å²) in [4.78, 5) is 24.7. The van der Waals surface area contributed by atoms with Crippen LogP contribution in [0.1, 0.15) is 15.9 Å². The number of carbonyl (C=O) groups is 2. The summed E-state index contributed by atoms with van der Waals surface area (Å²) in [7, 11) is 0. The summed E-state index contributed by atoms with van der Waals surface area (Å²) in [5, 5.41) is 8.61. The van der Waals surface area contributed by atoms with Crippen molar-refractivity contribution in [2.24, 2.45) is 0 Å². The molecule has 0 aliphatic carbocycles. The SMILES string of the molecule is O=C(Cc1ccccc1)Nc1ccc(NC(=S)NC(=O)c2ccc3c(c2)OCCO3)cc1. The number of fused-ring (bicyclic) bond motifs is 1. The number of hydrogen-bond acceptors (Lipinski definition) is 5. The molecule has 0 radical (unpaired) electrons. The van der Waals surface area contributed by atoms with E-state index in [2.05, 4.69) is 16.0 Å². The van der Waals surface area contributed by atoms with Crippen molar-refractivity contribution in [1.29, 1.82) is 0 Å².